The fourth-order valence-electron chi connectivity index (χ4n) is 2.42. The van der Waals surface area contributed by atoms with Gasteiger partial charge in [0, 0.05) is 13.1 Å². The lowest BCUT2D eigenvalue weighted by Gasteiger charge is -2.23. The molecular formula is C14H16F3N3O3. The third kappa shape index (κ3) is 4.33. The fourth-order valence-corrected chi connectivity index (χ4v) is 2.42. The first-order chi connectivity index (χ1) is 10.8. The highest BCUT2D eigenvalue weighted by Gasteiger charge is 2.38. The molecular weight excluding hydrogens is 315 g/mol. The number of nitrogens with zero attached hydrogens (tertiary/aromatic N) is 2. The van der Waals surface area contributed by atoms with Crippen LogP contribution in [-0.2, 0) is 4.79 Å². The smallest absolute Gasteiger partial charge is 0.471 e. The molecule has 1 aliphatic heterocycles. The molecule has 0 bridgehead atoms. The van der Waals surface area contributed by atoms with Crippen molar-refractivity contribution in [1.82, 2.24) is 4.98 Å². The number of halogens is 3. The number of carbonyl (C=O) groups is 2. The minimum atomic E-state index is -5.05. The quantitative estimate of drug-likeness (QED) is 0.890. The summed E-state index contributed by atoms with van der Waals surface area (Å²) in [5.41, 5.74) is -0.532. The number of nitrogens with one attached hydrogen (secondary N) is 1. The average molecular weight is 331 g/mol. The highest BCUT2D eigenvalue weighted by Crippen LogP contribution is 2.25. The molecule has 0 unspecified atom stereocenters. The number of anilines is 2. The Bertz CT molecular complexity index is 597. The summed E-state index contributed by atoms with van der Waals surface area (Å²) >= 11 is 0. The van der Waals surface area contributed by atoms with Gasteiger partial charge in [-0.25, -0.2) is 9.78 Å². The number of amides is 1. The van der Waals surface area contributed by atoms with Gasteiger partial charge in [-0.15, -0.1) is 0 Å². The van der Waals surface area contributed by atoms with Gasteiger partial charge in [-0.05, 0) is 18.9 Å². The van der Waals surface area contributed by atoms with Crippen LogP contribution in [0.4, 0.5) is 24.7 Å². The van der Waals surface area contributed by atoms with E-state index in [1.807, 2.05) is 4.90 Å². The van der Waals surface area contributed by atoms with Crippen LogP contribution in [0.25, 0.3) is 0 Å². The van der Waals surface area contributed by atoms with Crippen molar-refractivity contribution in [2.45, 2.75) is 31.9 Å². The minimum absolute atomic E-state index is 0.212. The molecule has 0 atom stereocenters. The number of aromatic nitrogens is 1. The summed E-state index contributed by atoms with van der Waals surface area (Å²) in [6.45, 7) is 1.28. The van der Waals surface area contributed by atoms with Crippen molar-refractivity contribution < 1.29 is 27.9 Å². The van der Waals surface area contributed by atoms with Crippen molar-refractivity contribution >= 4 is 23.4 Å². The van der Waals surface area contributed by atoms with E-state index in [1.54, 1.807) is 5.32 Å². The monoisotopic (exact) mass is 331 g/mol. The maximum atomic E-state index is 12.3. The first-order valence-electron chi connectivity index (χ1n) is 7.15. The van der Waals surface area contributed by atoms with Gasteiger partial charge in [0.05, 0.1) is 11.9 Å². The van der Waals surface area contributed by atoms with Gasteiger partial charge >= 0.3 is 18.1 Å². The molecule has 0 radical (unpaired) electrons. The van der Waals surface area contributed by atoms with Crippen LogP contribution >= 0.6 is 0 Å². The molecule has 1 saturated heterocycles. The largest absolute Gasteiger partial charge is 0.478 e. The molecule has 1 aromatic heterocycles. The molecule has 2 rings (SSSR count). The molecule has 126 valence electrons. The van der Waals surface area contributed by atoms with E-state index < -0.39 is 18.1 Å². The fraction of sp³-hybridized carbons (Fsp3) is 0.500. The summed E-state index contributed by atoms with van der Waals surface area (Å²) in [6.07, 6.45) is -0.138. The zero-order chi connectivity index (χ0) is 17.0. The lowest BCUT2D eigenvalue weighted by Crippen LogP contribution is -2.30. The number of aromatic carboxylic acids is 1. The van der Waals surface area contributed by atoms with E-state index in [0.717, 1.165) is 37.9 Å². The van der Waals surface area contributed by atoms with Crippen molar-refractivity contribution in [2.24, 2.45) is 0 Å². The summed E-state index contributed by atoms with van der Waals surface area (Å²) < 4.78 is 36.8. The SMILES string of the molecule is O=C(O)c1cc(NC(=O)C(F)(F)F)cnc1N1CCCCCC1. The molecule has 1 amide bonds. The number of carboxylic acid groups (broad SMARTS) is 1. The van der Waals surface area contributed by atoms with Gasteiger partial charge in [0.2, 0.25) is 0 Å². The predicted octanol–water partition coefficient (Wildman–Crippen LogP) is 2.66. The van der Waals surface area contributed by atoms with Crippen LogP contribution < -0.4 is 10.2 Å². The summed E-state index contributed by atoms with van der Waals surface area (Å²) in [5, 5.41) is 10.9. The van der Waals surface area contributed by atoms with Crippen LogP contribution in [0.2, 0.25) is 0 Å². The molecule has 0 aliphatic carbocycles. The number of rotatable bonds is 3. The lowest BCUT2D eigenvalue weighted by molar-refractivity contribution is -0.167. The second kappa shape index (κ2) is 6.84. The Balaban J connectivity index is 2.27. The van der Waals surface area contributed by atoms with Gasteiger partial charge < -0.3 is 15.3 Å². The van der Waals surface area contributed by atoms with Gasteiger partial charge in [-0.3, -0.25) is 4.79 Å². The van der Waals surface area contributed by atoms with E-state index in [4.69, 9.17) is 0 Å². The molecule has 6 nitrogen and oxygen atoms in total. The predicted molar refractivity (Wildman–Crippen MR) is 76.6 cm³/mol. The van der Waals surface area contributed by atoms with Crippen LogP contribution in [0.1, 0.15) is 36.0 Å². The third-order valence-corrected chi connectivity index (χ3v) is 3.52. The van der Waals surface area contributed by atoms with Crippen LogP contribution in [0, 0.1) is 0 Å². The van der Waals surface area contributed by atoms with Gasteiger partial charge in [-0.1, -0.05) is 12.8 Å². The summed E-state index contributed by atoms with van der Waals surface area (Å²) in [6, 6.07) is 0.999. The number of pyridine rings is 1. The van der Waals surface area contributed by atoms with Gasteiger partial charge in [0.1, 0.15) is 11.4 Å². The van der Waals surface area contributed by atoms with E-state index in [-0.39, 0.29) is 17.1 Å². The Morgan fingerprint density at radius 1 is 1.17 bits per heavy atom. The van der Waals surface area contributed by atoms with E-state index in [1.165, 1.54) is 0 Å². The molecule has 23 heavy (non-hydrogen) atoms. The normalized spacial score (nSPS) is 15.9. The number of alkyl halides is 3. The molecule has 9 heteroatoms. The highest BCUT2D eigenvalue weighted by atomic mass is 19.4. The second-order valence-electron chi connectivity index (χ2n) is 5.25. The van der Waals surface area contributed by atoms with Gasteiger partial charge in [-0.2, -0.15) is 13.2 Å². The molecule has 0 aromatic carbocycles. The maximum absolute atomic E-state index is 12.3. The summed E-state index contributed by atoms with van der Waals surface area (Å²) in [7, 11) is 0. The molecule has 2 N–H and O–H groups in total. The van der Waals surface area contributed by atoms with Crippen molar-refractivity contribution in [3.05, 3.63) is 17.8 Å². The van der Waals surface area contributed by atoms with Crippen molar-refractivity contribution in [1.29, 1.82) is 0 Å². The van der Waals surface area contributed by atoms with Crippen LogP contribution in [0.15, 0.2) is 12.3 Å². The Morgan fingerprint density at radius 3 is 2.30 bits per heavy atom. The number of hydrogen-bond donors (Lipinski definition) is 2. The topological polar surface area (TPSA) is 82.5 Å². The van der Waals surface area contributed by atoms with Gasteiger partial charge in [0.15, 0.2) is 0 Å². The van der Waals surface area contributed by atoms with E-state index in [2.05, 4.69) is 4.98 Å². The Hall–Kier alpha value is -2.32. The van der Waals surface area contributed by atoms with Crippen molar-refractivity contribution in [2.75, 3.05) is 23.3 Å². The Kier molecular flexibility index (Phi) is 5.07. The van der Waals surface area contributed by atoms with E-state index in [9.17, 15) is 27.9 Å². The number of carbonyl (C=O) groups excluding carboxylic acids is 1. The number of carboxylic acids is 1. The van der Waals surface area contributed by atoms with Crippen LogP contribution in [-0.4, -0.2) is 41.2 Å². The maximum Gasteiger partial charge on any atom is 0.471 e. The minimum Gasteiger partial charge on any atom is -0.478 e. The molecule has 1 aromatic rings. The average Bonchev–Trinajstić information content (AvgIpc) is 2.75. The second-order valence-corrected chi connectivity index (χ2v) is 5.25. The standard InChI is InChI=1S/C14H16F3N3O3/c15-14(16,17)13(23)19-9-7-10(12(21)22)11(18-8-9)20-5-3-1-2-4-6-20/h7-8H,1-6H2,(H,19,23)(H,21,22). The summed E-state index contributed by atoms with van der Waals surface area (Å²) in [4.78, 5) is 28.1. The lowest BCUT2D eigenvalue weighted by atomic mass is 10.2. The Morgan fingerprint density at radius 2 is 1.78 bits per heavy atom. The first kappa shape index (κ1) is 17.0. The van der Waals surface area contributed by atoms with Gasteiger partial charge in [0.25, 0.3) is 0 Å². The van der Waals surface area contributed by atoms with E-state index >= 15 is 0 Å². The zero-order valence-corrected chi connectivity index (χ0v) is 12.2. The van der Waals surface area contributed by atoms with E-state index in [0.29, 0.717) is 13.1 Å². The van der Waals surface area contributed by atoms with Crippen molar-refractivity contribution in [3.8, 4) is 0 Å². The van der Waals surface area contributed by atoms with Crippen molar-refractivity contribution in [3.63, 3.8) is 0 Å². The molecule has 1 fully saturated rings. The molecule has 1 aliphatic rings. The molecule has 0 spiro atoms. The van der Waals surface area contributed by atoms with Crippen LogP contribution in [0.5, 0.6) is 0 Å². The van der Waals surface area contributed by atoms with Crippen LogP contribution in [0.3, 0.4) is 0 Å². The molecule has 2 heterocycles. The highest BCUT2D eigenvalue weighted by molar-refractivity contribution is 5.98. The zero-order valence-electron chi connectivity index (χ0n) is 12.2. The number of hydrogen-bond acceptors (Lipinski definition) is 4. The molecule has 0 saturated carbocycles. The summed E-state index contributed by atoms with van der Waals surface area (Å²) in [5.74, 6) is -3.26. The Labute approximate surface area is 130 Å². The first-order valence-corrected chi connectivity index (χ1v) is 7.15. The third-order valence-electron chi connectivity index (χ3n) is 3.52.